The van der Waals surface area contributed by atoms with E-state index in [9.17, 15) is 0 Å². The van der Waals surface area contributed by atoms with Gasteiger partial charge in [0, 0.05) is 17.4 Å². The minimum absolute atomic E-state index is 0.0787. The zero-order valence-electron chi connectivity index (χ0n) is 10.1. The lowest BCUT2D eigenvalue weighted by Crippen LogP contribution is -2.11. The van der Waals surface area contributed by atoms with Crippen LogP contribution in [-0.2, 0) is 0 Å². The summed E-state index contributed by atoms with van der Waals surface area (Å²) >= 11 is 1.89. The monoisotopic (exact) mass is 239 g/mol. The highest BCUT2D eigenvalue weighted by atomic mass is 32.2. The van der Waals surface area contributed by atoms with E-state index in [0.29, 0.717) is 0 Å². The van der Waals surface area contributed by atoms with E-state index < -0.39 is 0 Å². The van der Waals surface area contributed by atoms with Crippen molar-refractivity contribution in [1.82, 2.24) is 0 Å². The van der Waals surface area contributed by atoms with Crippen LogP contribution in [0.15, 0.2) is 24.3 Å². The highest BCUT2D eigenvalue weighted by Gasteiger charge is 2.09. The quantitative estimate of drug-likeness (QED) is 0.742. The Kier molecular flexibility index (Phi) is 6.34. The highest BCUT2D eigenvalue weighted by molar-refractivity contribution is 7.99. The first-order valence-electron chi connectivity index (χ1n) is 5.84. The number of ether oxygens (including phenoxy) is 1. The molecule has 0 fully saturated rings. The lowest BCUT2D eigenvalue weighted by molar-refractivity contribution is 0.337. The van der Waals surface area contributed by atoms with Crippen LogP contribution in [0.2, 0.25) is 0 Å². The van der Waals surface area contributed by atoms with Gasteiger partial charge in [-0.25, -0.2) is 0 Å². The SMILES string of the molecule is CCSCCOc1ccccc1[C@H](N)CC. The van der Waals surface area contributed by atoms with Crippen molar-refractivity contribution in [1.29, 1.82) is 0 Å². The molecule has 0 radical (unpaired) electrons. The van der Waals surface area contributed by atoms with E-state index in [-0.39, 0.29) is 6.04 Å². The highest BCUT2D eigenvalue weighted by Crippen LogP contribution is 2.25. The molecule has 16 heavy (non-hydrogen) atoms. The molecule has 0 bridgehead atoms. The fourth-order valence-electron chi connectivity index (χ4n) is 1.49. The van der Waals surface area contributed by atoms with E-state index in [1.165, 1.54) is 0 Å². The van der Waals surface area contributed by atoms with Crippen LogP contribution >= 0.6 is 11.8 Å². The molecule has 1 rings (SSSR count). The molecule has 0 aliphatic rings. The van der Waals surface area contributed by atoms with Gasteiger partial charge in [0.25, 0.3) is 0 Å². The molecule has 0 saturated heterocycles. The Morgan fingerprint density at radius 3 is 2.75 bits per heavy atom. The molecule has 1 aromatic carbocycles. The second kappa shape index (κ2) is 7.58. The maximum absolute atomic E-state index is 6.04. The van der Waals surface area contributed by atoms with Crippen molar-refractivity contribution in [2.24, 2.45) is 5.73 Å². The zero-order chi connectivity index (χ0) is 11.8. The average Bonchev–Trinajstić information content (AvgIpc) is 2.34. The van der Waals surface area contributed by atoms with E-state index in [1.54, 1.807) is 0 Å². The zero-order valence-corrected chi connectivity index (χ0v) is 10.9. The van der Waals surface area contributed by atoms with E-state index in [2.05, 4.69) is 19.9 Å². The van der Waals surface area contributed by atoms with Crippen LogP contribution in [0.5, 0.6) is 5.75 Å². The van der Waals surface area contributed by atoms with Crippen LogP contribution < -0.4 is 10.5 Å². The van der Waals surface area contributed by atoms with Crippen LogP contribution in [0.3, 0.4) is 0 Å². The molecule has 0 aromatic heterocycles. The van der Waals surface area contributed by atoms with Crippen molar-refractivity contribution < 1.29 is 4.74 Å². The fraction of sp³-hybridized carbons (Fsp3) is 0.538. The Morgan fingerprint density at radius 1 is 1.31 bits per heavy atom. The molecule has 0 heterocycles. The summed E-state index contributed by atoms with van der Waals surface area (Å²) in [4.78, 5) is 0. The summed E-state index contributed by atoms with van der Waals surface area (Å²) < 4.78 is 5.76. The number of hydrogen-bond acceptors (Lipinski definition) is 3. The van der Waals surface area contributed by atoms with Crippen molar-refractivity contribution in [2.75, 3.05) is 18.1 Å². The molecule has 0 unspecified atom stereocenters. The number of rotatable bonds is 7. The lowest BCUT2D eigenvalue weighted by Gasteiger charge is -2.15. The van der Waals surface area contributed by atoms with E-state index in [4.69, 9.17) is 10.5 Å². The lowest BCUT2D eigenvalue weighted by atomic mass is 10.0. The molecule has 0 aliphatic carbocycles. The summed E-state index contributed by atoms with van der Waals surface area (Å²) in [6.07, 6.45) is 0.935. The van der Waals surface area contributed by atoms with Crippen molar-refractivity contribution in [3.63, 3.8) is 0 Å². The largest absolute Gasteiger partial charge is 0.492 e. The van der Waals surface area contributed by atoms with Gasteiger partial charge in [-0.3, -0.25) is 0 Å². The predicted molar refractivity (Wildman–Crippen MR) is 72.2 cm³/mol. The van der Waals surface area contributed by atoms with Gasteiger partial charge < -0.3 is 10.5 Å². The standard InChI is InChI=1S/C13H21NOS/c1-3-12(14)11-7-5-6-8-13(11)15-9-10-16-4-2/h5-8,12H,3-4,9-10,14H2,1-2H3/t12-/m1/s1. The van der Waals surface area contributed by atoms with Gasteiger partial charge in [0.2, 0.25) is 0 Å². The van der Waals surface area contributed by atoms with Crippen LogP contribution in [0.25, 0.3) is 0 Å². The third kappa shape index (κ3) is 4.06. The van der Waals surface area contributed by atoms with Crippen LogP contribution in [0, 0.1) is 0 Å². The van der Waals surface area contributed by atoms with Gasteiger partial charge in [0.05, 0.1) is 6.61 Å². The Labute approximate surface area is 103 Å². The average molecular weight is 239 g/mol. The summed E-state index contributed by atoms with van der Waals surface area (Å²) in [5.74, 6) is 3.11. The van der Waals surface area contributed by atoms with Crippen LogP contribution in [0.4, 0.5) is 0 Å². The number of nitrogens with two attached hydrogens (primary N) is 1. The van der Waals surface area contributed by atoms with E-state index in [0.717, 1.165) is 35.8 Å². The number of benzene rings is 1. The smallest absolute Gasteiger partial charge is 0.124 e. The molecule has 0 spiro atoms. The summed E-state index contributed by atoms with van der Waals surface area (Å²) in [7, 11) is 0. The number of para-hydroxylation sites is 1. The second-order valence-corrected chi connectivity index (χ2v) is 4.99. The molecule has 2 nitrogen and oxygen atoms in total. The van der Waals surface area contributed by atoms with E-state index in [1.807, 2.05) is 30.0 Å². The van der Waals surface area contributed by atoms with Gasteiger partial charge in [-0.1, -0.05) is 32.0 Å². The van der Waals surface area contributed by atoms with E-state index >= 15 is 0 Å². The molecule has 3 heteroatoms. The Bertz CT molecular complexity index is 304. The summed E-state index contributed by atoms with van der Waals surface area (Å²) in [6.45, 7) is 5.01. The van der Waals surface area contributed by atoms with Gasteiger partial charge in [0.15, 0.2) is 0 Å². The second-order valence-electron chi connectivity index (χ2n) is 3.60. The first-order chi connectivity index (χ1) is 7.79. The van der Waals surface area contributed by atoms with Crippen LogP contribution in [0.1, 0.15) is 31.9 Å². The van der Waals surface area contributed by atoms with Crippen LogP contribution in [-0.4, -0.2) is 18.1 Å². The van der Waals surface area contributed by atoms with Gasteiger partial charge >= 0.3 is 0 Å². The normalized spacial score (nSPS) is 12.4. The van der Waals surface area contributed by atoms with Gasteiger partial charge in [-0.05, 0) is 18.2 Å². The molecule has 0 amide bonds. The molecule has 0 saturated carbocycles. The first kappa shape index (κ1) is 13.4. The van der Waals surface area contributed by atoms with Gasteiger partial charge in [0.1, 0.15) is 5.75 Å². The van der Waals surface area contributed by atoms with Crippen molar-refractivity contribution in [2.45, 2.75) is 26.3 Å². The molecular weight excluding hydrogens is 218 g/mol. The Morgan fingerprint density at radius 2 is 2.06 bits per heavy atom. The van der Waals surface area contributed by atoms with Gasteiger partial charge in [-0.2, -0.15) is 11.8 Å². The molecular formula is C13H21NOS. The summed E-state index contributed by atoms with van der Waals surface area (Å²) in [6, 6.07) is 8.14. The van der Waals surface area contributed by atoms with Gasteiger partial charge in [-0.15, -0.1) is 0 Å². The van der Waals surface area contributed by atoms with Crippen molar-refractivity contribution >= 4 is 11.8 Å². The minimum Gasteiger partial charge on any atom is -0.492 e. The number of hydrogen-bond donors (Lipinski definition) is 1. The molecule has 90 valence electrons. The molecule has 2 N–H and O–H groups in total. The first-order valence-corrected chi connectivity index (χ1v) is 7.00. The third-order valence-corrected chi connectivity index (χ3v) is 3.31. The fourth-order valence-corrected chi connectivity index (χ4v) is 1.98. The Hall–Kier alpha value is -0.670. The van der Waals surface area contributed by atoms with Crippen molar-refractivity contribution in [3.05, 3.63) is 29.8 Å². The molecule has 0 aliphatic heterocycles. The Balaban J connectivity index is 2.57. The van der Waals surface area contributed by atoms with Crippen molar-refractivity contribution in [3.8, 4) is 5.75 Å². The minimum atomic E-state index is 0.0787. The number of thioether (sulfide) groups is 1. The maximum atomic E-state index is 6.04. The topological polar surface area (TPSA) is 35.2 Å². The summed E-state index contributed by atoms with van der Waals surface area (Å²) in [5, 5.41) is 0. The summed E-state index contributed by atoms with van der Waals surface area (Å²) in [5.41, 5.74) is 7.16. The third-order valence-electron chi connectivity index (χ3n) is 2.45. The molecule has 1 atom stereocenters. The molecule has 1 aromatic rings. The maximum Gasteiger partial charge on any atom is 0.124 e. The predicted octanol–water partition coefficient (Wildman–Crippen LogP) is 3.23.